The lowest BCUT2D eigenvalue weighted by atomic mass is 10.2. The number of hydrogen-bond donors (Lipinski definition) is 1. The average Bonchev–Trinajstić information content (AvgIpc) is 2.40. The van der Waals surface area contributed by atoms with Crippen molar-refractivity contribution in [1.29, 1.82) is 0 Å². The van der Waals surface area contributed by atoms with E-state index in [2.05, 4.69) is 10.3 Å². The number of methoxy groups -OCH3 is 1. The molecule has 1 N–H and O–H groups in total. The predicted molar refractivity (Wildman–Crippen MR) is 69.9 cm³/mol. The lowest BCUT2D eigenvalue weighted by Crippen LogP contribution is -2.13. The van der Waals surface area contributed by atoms with Crippen LogP contribution < -0.4 is 10.1 Å². The second-order valence-corrected chi connectivity index (χ2v) is 3.82. The van der Waals surface area contributed by atoms with Crippen LogP contribution in [0.2, 0.25) is 0 Å². The summed E-state index contributed by atoms with van der Waals surface area (Å²) in [7, 11) is 1.60. The van der Waals surface area contributed by atoms with E-state index in [0.29, 0.717) is 11.3 Å². The molecular formula is C14H14N2O2. The van der Waals surface area contributed by atoms with Crippen LogP contribution in [0.15, 0.2) is 42.6 Å². The van der Waals surface area contributed by atoms with Crippen molar-refractivity contribution in [3.8, 4) is 5.75 Å². The summed E-state index contributed by atoms with van der Waals surface area (Å²) in [6, 6.07) is 10.7. The fourth-order valence-electron chi connectivity index (χ4n) is 1.60. The summed E-state index contributed by atoms with van der Waals surface area (Å²) >= 11 is 0. The standard InChI is InChI=1S/C14H14N2O2/c1-10-13(4-3-9-15-10)14(17)16-11-5-7-12(18-2)8-6-11/h3-9H,1-2H3,(H,16,17). The highest BCUT2D eigenvalue weighted by Crippen LogP contribution is 2.16. The number of aromatic nitrogens is 1. The molecular weight excluding hydrogens is 228 g/mol. The summed E-state index contributed by atoms with van der Waals surface area (Å²) in [5.74, 6) is 0.594. The lowest BCUT2D eigenvalue weighted by molar-refractivity contribution is 0.102. The summed E-state index contributed by atoms with van der Waals surface area (Å²) in [5, 5.41) is 2.82. The van der Waals surface area contributed by atoms with Gasteiger partial charge >= 0.3 is 0 Å². The molecule has 1 aromatic heterocycles. The van der Waals surface area contributed by atoms with Gasteiger partial charge in [0.1, 0.15) is 5.75 Å². The van der Waals surface area contributed by atoms with Crippen molar-refractivity contribution in [3.63, 3.8) is 0 Å². The minimum atomic E-state index is -0.161. The number of aryl methyl sites for hydroxylation is 1. The Morgan fingerprint density at radius 1 is 1.22 bits per heavy atom. The van der Waals surface area contributed by atoms with Crippen LogP contribution in [0.3, 0.4) is 0 Å². The molecule has 2 aromatic rings. The van der Waals surface area contributed by atoms with Gasteiger partial charge in [0.05, 0.1) is 12.7 Å². The molecule has 0 unspecified atom stereocenters. The minimum absolute atomic E-state index is 0.161. The Hall–Kier alpha value is -2.36. The number of carbonyl (C=O) groups excluding carboxylic acids is 1. The maximum Gasteiger partial charge on any atom is 0.257 e. The van der Waals surface area contributed by atoms with E-state index < -0.39 is 0 Å². The quantitative estimate of drug-likeness (QED) is 0.900. The number of anilines is 1. The summed E-state index contributed by atoms with van der Waals surface area (Å²) < 4.78 is 5.06. The summed E-state index contributed by atoms with van der Waals surface area (Å²) in [6.07, 6.45) is 1.67. The van der Waals surface area contributed by atoms with Gasteiger partial charge in [0.25, 0.3) is 5.91 Å². The Labute approximate surface area is 106 Å². The zero-order chi connectivity index (χ0) is 13.0. The molecule has 1 amide bonds. The van der Waals surface area contributed by atoms with Gasteiger partial charge in [0.15, 0.2) is 0 Å². The van der Waals surface area contributed by atoms with E-state index in [4.69, 9.17) is 4.74 Å². The highest BCUT2D eigenvalue weighted by molar-refractivity contribution is 6.04. The first-order valence-electron chi connectivity index (χ1n) is 5.58. The molecule has 0 radical (unpaired) electrons. The highest BCUT2D eigenvalue weighted by Gasteiger charge is 2.09. The van der Waals surface area contributed by atoms with Gasteiger partial charge in [0, 0.05) is 17.6 Å². The molecule has 1 aromatic carbocycles. The molecule has 0 aliphatic heterocycles. The van der Waals surface area contributed by atoms with E-state index in [1.807, 2.05) is 6.92 Å². The smallest absolute Gasteiger partial charge is 0.257 e. The first kappa shape index (κ1) is 12.1. The van der Waals surface area contributed by atoms with Crippen molar-refractivity contribution in [2.45, 2.75) is 6.92 Å². The van der Waals surface area contributed by atoms with E-state index >= 15 is 0 Å². The van der Waals surface area contributed by atoms with Crippen molar-refractivity contribution >= 4 is 11.6 Å². The van der Waals surface area contributed by atoms with E-state index in [9.17, 15) is 4.79 Å². The molecule has 0 bridgehead atoms. The molecule has 2 rings (SSSR count). The SMILES string of the molecule is COc1ccc(NC(=O)c2cccnc2C)cc1. The first-order valence-corrected chi connectivity index (χ1v) is 5.58. The van der Waals surface area contributed by atoms with Crippen LogP contribution in [-0.2, 0) is 0 Å². The maximum absolute atomic E-state index is 12.0. The molecule has 0 aliphatic rings. The van der Waals surface area contributed by atoms with Gasteiger partial charge in [-0.15, -0.1) is 0 Å². The third-order valence-electron chi connectivity index (χ3n) is 2.60. The number of nitrogens with one attached hydrogen (secondary N) is 1. The maximum atomic E-state index is 12.0. The third-order valence-corrected chi connectivity index (χ3v) is 2.60. The molecule has 4 nitrogen and oxygen atoms in total. The minimum Gasteiger partial charge on any atom is -0.497 e. The fraction of sp³-hybridized carbons (Fsp3) is 0.143. The second-order valence-electron chi connectivity index (χ2n) is 3.82. The van der Waals surface area contributed by atoms with Crippen LogP contribution in [0.5, 0.6) is 5.75 Å². The first-order chi connectivity index (χ1) is 8.70. The Balaban J connectivity index is 2.14. The van der Waals surface area contributed by atoms with Crippen LogP contribution in [0.1, 0.15) is 16.1 Å². The molecule has 0 fully saturated rings. The van der Waals surface area contributed by atoms with Gasteiger partial charge in [-0.05, 0) is 43.3 Å². The van der Waals surface area contributed by atoms with Crippen LogP contribution in [0.25, 0.3) is 0 Å². The Morgan fingerprint density at radius 2 is 1.94 bits per heavy atom. The normalized spacial score (nSPS) is 9.89. The third kappa shape index (κ3) is 2.66. The predicted octanol–water partition coefficient (Wildman–Crippen LogP) is 2.65. The van der Waals surface area contributed by atoms with Gasteiger partial charge in [-0.25, -0.2) is 0 Å². The van der Waals surface area contributed by atoms with Crippen molar-refractivity contribution in [3.05, 3.63) is 53.9 Å². The van der Waals surface area contributed by atoms with Crippen molar-refractivity contribution < 1.29 is 9.53 Å². The monoisotopic (exact) mass is 242 g/mol. The summed E-state index contributed by atoms with van der Waals surface area (Å²) in [4.78, 5) is 16.1. The van der Waals surface area contributed by atoms with E-state index in [1.54, 1.807) is 49.7 Å². The van der Waals surface area contributed by atoms with Gasteiger partial charge in [0.2, 0.25) is 0 Å². The van der Waals surface area contributed by atoms with Gasteiger partial charge < -0.3 is 10.1 Å². The topological polar surface area (TPSA) is 51.2 Å². The Bertz CT molecular complexity index is 550. The number of hydrogen-bond acceptors (Lipinski definition) is 3. The van der Waals surface area contributed by atoms with Crippen LogP contribution in [-0.4, -0.2) is 18.0 Å². The number of ether oxygens (including phenoxy) is 1. The molecule has 92 valence electrons. The highest BCUT2D eigenvalue weighted by atomic mass is 16.5. The Kier molecular flexibility index (Phi) is 3.57. The zero-order valence-electron chi connectivity index (χ0n) is 10.3. The Morgan fingerprint density at radius 3 is 2.56 bits per heavy atom. The molecule has 1 heterocycles. The van der Waals surface area contributed by atoms with Crippen molar-refractivity contribution in [1.82, 2.24) is 4.98 Å². The van der Waals surface area contributed by atoms with Crippen LogP contribution in [0, 0.1) is 6.92 Å². The van der Waals surface area contributed by atoms with Gasteiger partial charge in [-0.3, -0.25) is 9.78 Å². The molecule has 0 saturated heterocycles. The number of rotatable bonds is 3. The van der Waals surface area contributed by atoms with Crippen molar-refractivity contribution in [2.24, 2.45) is 0 Å². The largest absolute Gasteiger partial charge is 0.497 e. The molecule has 0 spiro atoms. The van der Waals surface area contributed by atoms with Crippen molar-refractivity contribution in [2.75, 3.05) is 12.4 Å². The van der Waals surface area contributed by atoms with Gasteiger partial charge in [-0.1, -0.05) is 0 Å². The van der Waals surface area contributed by atoms with E-state index in [0.717, 1.165) is 11.4 Å². The molecule has 0 atom stereocenters. The summed E-state index contributed by atoms with van der Waals surface area (Å²) in [6.45, 7) is 1.81. The number of pyridine rings is 1. The van der Waals surface area contributed by atoms with E-state index in [-0.39, 0.29) is 5.91 Å². The molecule has 4 heteroatoms. The average molecular weight is 242 g/mol. The molecule has 0 saturated carbocycles. The lowest BCUT2D eigenvalue weighted by Gasteiger charge is -2.07. The molecule has 18 heavy (non-hydrogen) atoms. The zero-order valence-corrected chi connectivity index (χ0v) is 10.3. The fourth-order valence-corrected chi connectivity index (χ4v) is 1.60. The number of amides is 1. The van der Waals surface area contributed by atoms with Gasteiger partial charge in [-0.2, -0.15) is 0 Å². The van der Waals surface area contributed by atoms with Crippen LogP contribution >= 0.6 is 0 Å². The number of nitrogens with zero attached hydrogens (tertiary/aromatic N) is 1. The molecule has 0 aliphatic carbocycles. The number of carbonyl (C=O) groups is 1. The second kappa shape index (κ2) is 5.31. The van der Waals surface area contributed by atoms with E-state index in [1.165, 1.54) is 0 Å². The summed E-state index contributed by atoms with van der Waals surface area (Å²) in [5.41, 5.74) is 2.01. The van der Waals surface area contributed by atoms with Crippen LogP contribution in [0.4, 0.5) is 5.69 Å². The number of benzene rings is 1.